The second kappa shape index (κ2) is 7.81. The average molecular weight is 352 g/mol. The van der Waals surface area contributed by atoms with Crippen LogP contribution in [0, 0.1) is 0 Å². The third-order valence-electron chi connectivity index (χ3n) is 3.76. The van der Waals surface area contributed by atoms with Crippen LogP contribution in [0.5, 0.6) is 0 Å². The number of hydrogen-bond acceptors (Lipinski definition) is 2. The lowest BCUT2D eigenvalue weighted by molar-refractivity contribution is -0.117. The Hall–Kier alpha value is -2.85. The molecule has 1 unspecified atom stereocenters. The number of rotatable bonds is 5. The number of hydrogen-bond donors (Lipinski definition) is 1. The Morgan fingerprint density at radius 2 is 2.00 bits per heavy atom. The summed E-state index contributed by atoms with van der Waals surface area (Å²) in [5.41, 5.74) is 2.79. The minimum atomic E-state index is -0.167. The molecule has 0 saturated heterocycles. The van der Waals surface area contributed by atoms with E-state index < -0.39 is 0 Å². The first-order valence-corrected chi connectivity index (χ1v) is 8.34. The van der Waals surface area contributed by atoms with Gasteiger partial charge < -0.3 is 5.32 Å². The Labute approximate surface area is 151 Å². The number of halogens is 1. The van der Waals surface area contributed by atoms with Gasteiger partial charge in [0.05, 0.1) is 17.9 Å². The molecule has 0 aliphatic rings. The predicted octanol–water partition coefficient (Wildman–Crippen LogP) is 4.42. The van der Waals surface area contributed by atoms with Crippen molar-refractivity contribution in [3.63, 3.8) is 0 Å². The molecule has 2 aromatic carbocycles. The Morgan fingerprint density at radius 3 is 2.76 bits per heavy atom. The van der Waals surface area contributed by atoms with Crippen molar-refractivity contribution in [1.82, 2.24) is 15.1 Å². The van der Waals surface area contributed by atoms with Gasteiger partial charge in [-0.25, -0.2) is 4.68 Å². The molecular formula is C20H18ClN3O. The number of nitrogens with zero attached hydrogens (tertiary/aromatic N) is 2. The van der Waals surface area contributed by atoms with Crippen LogP contribution < -0.4 is 5.32 Å². The second-order valence-corrected chi connectivity index (χ2v) is 6.11. The lowest BCUT2D eigenvalue weighted by atomic mass is 10.1. The highest BCUT2D eigenvalue weighted by Crippen LogP contribution is 2.17. The fraction of sp³-hybridized carbons (Fsp3) is 0.100. The van der Waals surface area contributed by atoms with Gasteiger partial charge in [-0.05, 0) is 42.8 Å². The topological polar surface area (TPSA) is 46.9 Å². The van der Waals surface area contributed by atoms with Gasteiger partial charge in [-0.1, -0.05) is 41.9 Å². The molecule has 0 saturated carbocycles. The number of para-hydroxylation sites is 1. The minimum Gasteiger partial charge on any atom is -0.346 e. The van der Waals surface area contributed by atoms with Gasteiger partial charge in [-0.3, -0.25) is 4.79 Å². The number of carbonyl (C=O) groups is 1. The summed E-state index contributed by atoms with van der Waals surface area (Å²) in [5, 5.41) is 7.88. The largest absolute Gasteiger partial charge is 0.346 e. The van der Waals surface area contributed by atoms with Crippen LogP contribution in [-0.2, 0) is 4.79 Å². The van der Waals surface area contributed by atoms with Crippen LogP contribution in [0.25, 0.3) is 11.8 Å². The zero-order valence-electron chi connectivity index (χ0n) is 13.8. The third-order valence-corrected chi connectivity index (χ3v) is 3.99. The Morgan fingerprint density at radius 1 is 1.20 bits per heavy atom. The highest BCUT2D eigenvalue weighted by atomic mass is 35.5. The SMILES string of the molecule is CC(NC(=O)/C=C/c1cnn(-c2ccccc2)c1)c1cccc(Cl)c1. The van der Waals surface area contributed by atoms with E-state index in [2.05, 4.69) is 10.4 Å². The summed E-state index contributed by atoms with van der Waals surface area (Å²) in [6.07, 6.45) is 6.84. The fourth-order valence-corrected chi connectivity index (χ4v) is 2.64. The van der Waals surface area contributed by atoms with E-state index in [0.717, 1.165) is 16.8 Å². The molecule has 0 aliphatic heterocycles. The summed E-state index contributed by atoms with van der Waals surface area (Å²) < 4.78 is 1.77. The molecule has 5 heteroatoms. The van der Waals surface area contributed by atoms with Crippen molar-refractivity contribution >= 4 is 23.6 Å². The summed E-state index contributed by atoms with van der Waals surface area (Å²) in [6.45, 7) is 1.92. The first-order chi connectivity index (χ1) is 12.1. The van der Waals surface area contributed by atoms with Gasteiger partial charge in [-0.15, -0.1) is 0 Å². The van der Waals surface area contributed by atoms with Crippen LogP contribution in [0.3, 0.4) is 0 Å². The smallest absolute Gasteiger partial charge is 0.244 e. The highest BCUT2D eigenvalue weighted by Gasteiger charge is 2.08. The van der Waals surface area contributed by atoms with Crippen molar-refractivity contribution in [2.45, 2.75) is 13.0 Å². The number of nitrogens with one attached hydrogen (secondary N) is 1. The predicted molar refractivity (Wildman–Crippen MR) is 101 cm³/mol. The van der Waals surface area contributed by atoms with Gasteiger partial charge >= 0.3 is 0 Å². The molecule has 3 rings (SSSR count). The first kappa shape index (κ1) is 17.0. The Balaban J connectivity index is 1.62. The maximum absolute atomic E-state index is 12.1. The molecule has 4 nitrogen and oxygen atoms in total. The Kier molecular flexibility index (Phi) is 5.31. The second-order valence-electron chi connectivity index (χ2n) is 5.67. The summed E-state index contributed by atoms with van der Waals surface area (Å²) in [7, 11) is 0. The maximum Gasteiger partial charge on any atom is 0.244 e. The minimum absolute atomic E-state index is 0.122. The summed E-state index contributed by atoms with van der Waals surface area (Å²) in [5.74, 6) is -0.167. The van der Waals surface area contributed by atoms with E-state index in [1.54, 1.807) is 17.0 Å². The van der Waals surface area contributed by atoms with Crippen molar-refractivity contribution in [3.05, 3.63) is 89.2 Å². The van der Waals surface area contributed by atoms with Crippen LogP contribution in [0.15, 0.2) is 73.1 Å². The number of amides is 1. The van der Waals surface area contributed by atoms with Crippen molar-refractivity contribution in [2.75, 3.05) is 0 Å². The van der Waals surface area contributed by atoms with E-state index >= 15 is 0 Å². The van der Waals surface area contributed by atoms with E-state index in [9.17, 15) is 4.79 Å². The van der Waals surface area contributed by atoms with E-state index in [1.807, 2.05) is 67.7 Å². The third kappa shape index (κ3) is 4.58. The quantitative estimate of drug-likeness (QED) is 0.692. The molecule has 0 radical (unpaired) electrons. The zero-order valence-corrected chi connectivity index (χ0v) is 14.5. The molecule has 1 heterocycles. The van der Waals surface area contributed by atoms with Gasteiger partial charge in [0.1, 0.15) is 0 Å². The van der Waals surface area contributed by atoms with Crippen LogP contribution >= 0.6 is 11.6 Å². The maximum atomic E-state index is 12.1. The van der Waals surface area contributed by atoms with Crippen molar-refractivity contribution in [1.29, 1.82) is 0 Å². The molecule has 25 heavy (non-hydrogen) atoms. The van der Waals surface area contributed by atoms with Crippen LogP contribution in [0.4, 0.5) is 0 Å². The molecule has 1 N–H and O–H groups in total. The van der Waals surface area contributed by atoms with Gasteiger partial charge in [0.2, 0.25) is 5.91 Å². The zero-order chi connectivity index (χ0) is 17.6. The van der Waals surface area contributed by atoms with Crippen molar-refractivity contribution in [2.24, 2.45) is 0 Å². The standard InChI is InChI=1S/C20H18ClN3O/c1-15(17-6-5-7-18(21)12-17)23-20(25)11-10-16-13-22-24(14-16)19-8-3-2-4-9-19/h2-15H,1H3,(H,23,25)/b11-10+. The molecule has 0 spiro atoms. The number of carbonyl (C=O) groups excluding carboxylic acids is 1. The van der Waals surface area contributed by atoms with E-state index in [4.69, 9.17) is 11.6 Å². The van der Waals surface area contributed by atoms with E-state index in [-0.39, 0.29) is 11.9 Å². The molecule has 0 fully saturated rings. The fourth-order valence-electron chi connectivity index (χ4n) is 2.44. The van der Waals surface area contributed by atoms with Crippen molar-refractivity contribution < 1.29 is 4.79 Å². The molecule has 1 amide bonds. The van der Waals surface area contributed by atoms with Crippen LogP contribution in [-0.4, -0.2) is 15.7 Å². The monoisotopic (exact) mass is 351 g/mol. The van der Waals surface area contributed by atoms with Crippen LogP contribution in [0.1, 0.15) is 24.1 Å². The summed E-state index contributed by atoms with van der Waals surface area (Å²) in [6, 6.07) is 17.2. The molecule has 1 aromatic heterocycles. The summed E-state index contributed by atoms with van der Waals surface area (Å²) >= 11 is 5.98. The lowest BCUT2D eigenvalue weighted by Crippen LogP contribution is -2.24. The first-order valence-electron chi connectivity index (χ1n) is 7.96. The number of benzene rings is 2. The van der Waals surface area contributed by atoms with E-state index in [1.165, 1.54) is 6.08 Å². The molecule has 1 atom stereocenters. The average Bonchev–Trinajstić information content (AvgIpc) is 3.10. The summed E-state index contributed by atoms with van der Waals surface area (Å²) in [4.78, 5) is 12.1. The highest BCUT2D eigenvalue weighted by molar-refractivity contribution is 6.30. The van der Waals surface area contributed by atoms with Crippen molar-refractivity contribution in [3.8, 4) is 5.69 Å². The van der Waals surface area contributed by atoms with E-state index in [0.29, 0.717) is 5.02 Å². The normalized spacial score (nSPS) is 12.2. The van der Waals surface area contributed by atoms with Crippen LogP contribution in [0.2, 0.25) is 5.02 Å². The lowest BCUT2D eigenvalue weighted by Gasteiger charge is -2.13. The Bertz CT molecular complexity index is 887. The van der Waals surface area contributed by atoms with Gasteiger partial charge in [-0.2, -0.15) is 5.10 Å². The number of aromatic nitrogens is 2. The molecular weight excluding hydrogens is 334 g/mol. The molecule has 0 bridgehead atoms. The van der Waals surface area contributed by atoms with Gasteiger partial charge in [0.25, 0.3) is 0 Å². The molecule has 0 aliphatic carbocycles. The van der Waals surface area contributed by atoms with Gasteiger partial charge in [0, 0.05) is 22.9 Å². The molecule has 3 aromatic rings. The van der Waals surface area contributed by atoms with Gasteiger partial charge in [0.15, 0.2) is 0 Å². The molecule has 126 valence electrons.